The van der Waals surface area contributed by atoms with Crippen molar-refractivity contribution in [1.82, 2.24) is 5.32 Å². The third-order valence-corrected chi connectivity index (χ3v) is 3.14. The summed E-state index contributed by atoms with van der Waals surface area (Å²) in [5, 5.41) is 3.74. The highest BCUT2D eigenvalue weighted by molar-refractivity contribution is 9.10. The molecule has 1 unspecified atom stereocenters. The van der Waals surface area contributed by atoms with E-state index in [-0.39, 0.29) is 12.0 Å². The van der Waals surface area contributed by atoms with Gasteiger partial charge in [0.2, 0.25) is 0 Å². The summed E-state index contributed by atoms with van der Waals surface area (Å²) in [7, 11) is 1.37. The molecule has 0 heterocycles. The molecule has 0 radical (unpaired) electrons. The van der Waals surface area contributed by atoms with Crippen LogP contribution in [-0.4, -0.2) is 19.1 Å². The molecule has 0 aliphatic rings. The molecule has 0 bridgehead atoms. The van der Waals surface area contributed by atoms with Gasteiger partial charge in [0.05, 0.1) is 7.11 Å². The van der Waals surface area contributed by atoms with E-state index in [1.807, 2.05) is 18.2 Å². The first-order valence-electron chi connectivity index (χ1n) is 4.79. The first-order valence-corrected chi connectivity index (χ1v) is 5.97. The fourth-order valence-corrected chi connectivity index (χ4v) is 2.01. The normalized spacial score (nSPS) is 12.2. The van der Waals surface area contributed by atoms with Gasteiger partial charge in [-0.3, -0.25) is 4.79 Å². The Bertz CT molecular complexity index is 384. The molecule has 16 heavy (non-hydrogen) atoms. The van der Waals surface area contributed by atoms with E-state index in [9.17, 15) is 4.79 Å². The van der Waals surface area contributed by atoms with Gasteiger partial charge in [-0.1, -0.05) is 33.6 Å². The predicted octanol–water partition coefficient (Wildman–Crippen LogP) is 2.75. The number of hydrogen-bond acceptors (Lipinski definition) is 3. The Morgan fingerprint density at radius 3 is 2.88 bits per heavy atom. The number of methoxy groups -OCH3 is 1. The lowest BCUT2D eigenvalue weighted by atomic mass is 10.2. The van der Waals surface area contributed by atoms with Gasteiger partial charge in [0.15, 0.2) is 0 Å². The summed E-state index contributed by atoms with van der Waals surface area (Å²) in [5.74, 6) is -0.273. The number of rotatable bonds is 4. The molecule has 0 saturated heterocycles. The molecule has 0 aliphatic carbocycles. The maximum absolute atomic E-state index is 11.2. The zero-order chi connectivity index (χ0) is 12.1. The number of hydrogen-bond donors (Lipinski definition) is 1. The van der Waals surface area contributed by atoms with Gasteiger partial charge in [-0.2, -0.15) is 0 Å². The Balaban J connectivity index is 2.58. The molecular formula is C11H13BrClNO2. The summed E-state index contributed by atoms with van der Waals surface area (Å²) in [6, 6.07) is 5.21. The maximum Gasteiger partial charge on any atom is 0.322 e. The zero-order valence-electron chi connectivity index (χ0n) is 9.09. The lowest BCUT2D eigenvalue weighted by molar-refractivity contribution is -0.142. The molecular weight excluding hydrogens is 293 g/mol. The highest BCUT2D eigenvalue weighted by Crippen LogP contribution is 2.21. The van der Waals surface area contributed by atoms with Gasteiger partial charge >= 0.3 is 5.97 Å². The van der Waals surface area contributed by atoms with Crippen LogP contribution in [0.5, 0.6) is 0 Å². The van der Waals surface area contributed by atoms with Gasteiger partial charge in [-0.25, -0.2) is 0 Å². The van der Waals surface area contributed by atoms with Crippen LogP contribution in [0.4, 0.5) is 0 Å². The second kappa shape index (κ2) is 6.23. The zero-order valence-corrected chi connectivity index (χ0v) is 11.4. The Morgan fingerprint density at radius 1 is 1.62 bits per heavy atom. The van der Waals surface area contributed by atoms with Crippen LogP contribution in [0.15, 0.2) is 22.7 Å². The third kappa shape index (κ3) is 3.77. The number of benzene rings is 1. The minimum atomic E-state index is -0.326. The Morgan fingerprint density at radius 2 is 2.31 bits per heavy atom. The number of ether oxygens (including phenoxy) is 1. The van der Waals surface area contributed by atoms with Gasteiger partial charge in [-0.05, 0) is 24.6 Å². The minimum absolute atomic E-state index is 0.273. The molecule has 0 amide bonds. The highest BCUT2D eigenvalue weighted by Gasteiger charge is 2.12. The second-order valence-electron chi connectivity index (χ2n) is 3.36. The fourth-order valence-electron chi connectivity index (χ4n) is 1.19. The minimum Gasteiger partial charge on any atom is -0.468 e. The summed E-state index contributed by atoms with van der Waals surface area (Å²) < 4.78 is 5.54. The molecule has 5 heteroatoms. The Kier molecular flexibility index (Phi) is 5.25. The van der Waals surface area contributed by atoms with Crippen molar-refractivity contribution in [1.29, 1.82) is 0 Å². The van der Waals surface area contributed by atoms with Crippen molar-refractivity contribution < 1.29 is 9.53 Å². The molecule has 88 valence electrons. The molecule has 0 saturated carbocycles. The molecule has 1 rings (SSSR count). The van der Waals surface area contributed by atoms with Gasteiger partial charge < -0.3 is 10.1 Å². The topological polar surface area (TPSA) is 38.3 Å². The quantitative estimate of drug-likeness (QED) is 0.869. The molecule has 1 atom stereocenters. The highest BCUT2D eigenvalue weighted by atomic mass is 79.9. The molecule has 0 fully saturated rings. The van der Waals surface area contributed by atoms with E-state index in [4.69, 9.17) is 11.6 Å². The summed E-state index contributed by atoms with van der Waals surface area (Å²) in [4.78, 5) is 11.2. The van der Waals surface area contributed by atoms with Crippen LogP contribution in [0.2, 0.25) is 5.02 Å². The molecule has 0 aromatic heterocycles. The monoisotopic (exact) mass is 305 g/mol. The van der Waals surface area contributed by atoms with Crippen LogP contribution in [-0.2, 0) is 16.1 Å². The van der Waals surface area contributed by atoms with Crippen LogP contribution >= 0.6 is 27.5 Å². The predicted molar refractivity (Wildman–Crippen MR) is 67.5 cm³/mol. The molecule has 3 nitrogen and oxygen atoms in total. The van der Waals surface area contributed by atoms with Crippen molar-refractivity contribution in [2.45, 2.75) is 19.5 Å². The van der Waals surface area contributed by atoms with Crippen molar-refractivity contribution >= 4 is 33.5 Å². The van der Waals surface area contributed by atoms with Gasteiger partial charge in [0.1, 0.15) is 6.04 Å². The number of nitrogens with one attached hydrogen (secondary N) is 1. The van der Waals surface area contributed by atoms with Crippen molar-refractivity contribution in [3.05, 3.63) is 33.3 Å². The number of carbonyl (C=O) groups is 1. The van der Waals surface area contributed by atoms with Crippen LogP contribution < -0.4 is 5.32 Å². The Hall–Kier alpha value is -0.580. The summed E-state index contributed by atoms with van der Waals surface area (Å²) in [5.41, 5.74) is 1.04. The molecule has 0 aliphatic heterocycles. The first-order chi connectivity index (χ1) is 7.54. The summed E-state index contributed by atoms with van der Waals surface area (Å²) >= 11 is 9.24. The van der Waals surface area contributed by atoms with E-state index >= 15 is 0 Å². The maximum atomic E-state index is 11.2. The average molecular weight is 307 g/mol. The van der Waals surface area contributed by atoms with E-state index in [0.717, 1.165) is 10.0 Å². The van der Waals surface area contributed by atoms with Crippen molar-refractivity contribution in [3.63, 3.8) is 0 Å². The fraction of sp³-hybridized carbons (Fsp3) is 0.364. The van der Waals surface area contributed by atoms with Crippen LogP contribution in [0.25, 0.3) is 0 Å². The van der Waals surface area contributed by atoms with Crippen molar-refractivity contribution in [2.75, 3.05) is 7.11 Å². The van der Waals surface area contributed by atoms with E-state index in [1.54, 1.807) is 6.92 Å². The second-order valence-corrected chi connectivity index (χ2v) is 4.65. The average Bonchev–Trinajstić information content (AvgIpc) is 2.26. The lowest BCUT2D eigenvalue weighted by Gasteiger charge is -2.12. The van der Waals surface area contributed by atoms with Crippen LogP contribution in [0.1, 0.15) is 12.5 Å². The van der Waals surface area contributed by atoms with E-state index in [1.165, 1.54) is 7.11 Å². The van der Waals surface area contributed by atoms with Gasteiger partial charge in [0.25, 0.3) is 0 Å². The van der Waals surface area contributed by atoms with E-state index in [2.05, 4.69) is 26.0 Å². The van der Waals surface area contributed by atoms with Crippen molar-refractivity contribution in [3.8, 4) is 0 Å². The van der Waals surface area contributed by atoms with Gasteiger partial charge in [-0.15, -0.1) is 0 Å². The third-order valence-electron chi connectivity index (χ3n) is 2.17. The smallest absolute Gasteiger partial charge is 0.322 e. The first kappa shape index (κ1) is 13.5. The summed E-state index contributed by atoms with van der Waals surface area (Å²) in [6.45, 7) is 2.34. The van der Waals surface area contributed by atoms with E-state index in [0.29, 0.717) is 11.6 Å². The Labute approximate surface area is 108 Å². The molecule has 0 spiro atoms. The number of esters is 1. The van der Waals surface area contributed by atoms with E-state index < -0.39 is 0 Å². The number of carbonyl (C=O) groups excluding carboxylic acids is 1. The number of halogens is 2. The molecule has 1 N–H and O–H groups in total. The standard InChI is InChI=1S/C11H13BrClNO2/c1-7(11(15)16-2)14-6-8-3-4-9(13)5-10(8)12/h3-5,7,14H,6H2,1-2H3. The summed E-state index contributed by atoms with van der Waals surface area (Å²) in [6.07, 6.45) is 0. The van der Waals surface area contributed by atoms with Crippen LogP contribution in [0.3, 0.4) is 0 Å². The van der Waals surface area contributed by atoms with Gasteiger partial charge in [0, 0.05) is 16.0 Å². The van der Waals surface area contributed by atoms with Crippen molar-refractivity contribution in [2.24, 2.45) is 0 Å². The van der Waals surface area contributed by atoms with Crippen LogP contribution in [0, 0.1) is 0 Å². The lowest BCUT2D eigenvalue weighted by Crippen LogP contribution is -2.34. The molecule has 1 aromatic carbocycles. The SMILES string of the molecule is COC(=O)C(C)NCc1ccc(Cl)cc1Br. The molecule has 1 aromatic rings. The largest absolute Gasteiger partial charge is 0.468 e.